The van der Waals surface area contributed by atoms with Crippen molar-refractivity contribution in [1.82, 2.24) is 0 Å². The molecule has 0 aliphatic carbocycles. The average molecular weight is 383 g/mol. The van der Waals surface area contributed by atoms with E-state index in [9.17, 15) is 0 Å². The van der Waals surface area contributed by atoms with E-state index in [4.69, 9.17) is 21.2 Å². The molecule has 0 aliphatic rings. The van der Waals surface area contributed by atoms with E-state index >= 15 is 0 Å². The topological polar surface area (TPSA) is 30.8 Å². The number of rotatable bonds is 7. The van der Waals surface area contributed by atoms with Gasteiger partial charge in [0.15, 0.2) is 0 Å². The second-order valence-electron chi connectivity index (χ2n) is 4.59. The van der Waals surface area contributed by atoms with E-state index < -0.39 is 0 Å². The van der Waals surface area contributed by atoms with Crippen LogP contribution in [0.3, 0.4) is 0 Å². The van der Waals surface area contributed by atoms with Crippen LogP contribution < -0.4 is 4.74 Å². The fraction of sp³-hybridized carbons (Fsp3) is 0.235. The van der Waals surface area contributed by atoms with Crippen LogP contribution in [0.2, 0.25) is 5.02 Å². The fourth-order valence-electron chi connectivity index (χ4n) is 1.75. The van der Waals surface area contributed by atoms with Gasteiger partial charge in [-0.25, -0.2) is 0 Å². The van der Waals surface area contributed by atoms with Crippen molar-refractivity contribution >= 4 is 33.2 Å². The molecule has 0 spiro atoms. The molecule has 0 aliphatic heterocycles. The normalized spacial score (nSPS) is 11.3. The number of nitrogens with zero attached hydrogens (tertiary/aromatic N) is 1. The summed E-state index contributed by atoms with van der Waals surface area (Å²) in [6.45, 7) is 2.65. The van der Waals surface area contributed by atoms with E-state index in [0.29, 0.717) is 17.0 Å². The van der Waals surface area contributed by atoms with Crippen molar-refractivity contribution in [2.75, 3.05) is 11.9 Å². The van der Waals surface area contributed by atoms with Crippen molar-refractivity contribution in [3.63, 3.8) is 0 Å². The summed E-state index contributed by atoms with van der Waals surface area (Å²) in [7, 11) is 0. The van der Waals surface area contributed by atoms with Crippen molar-refractivity contribution in [3.05, 3.63) is 59.1 Å². The van der Waals surface area contributed by atoms with Crippen LogP contribution in [0.4, 0.5) is 0 Å². The summed E-state index contributed by atoms with van der Waals surface area (Å²) in [5.74, 6) is 1.48. The Labute approximate surface area is 144 Å². The van der Waals surface area contributed by atoms with Crippen LogP contribution in [-0.2, 0) is 4.84 Å². The Hall–Kier alpha value is -1.52. The van der Waals surface area contributed by atoms with Gasteiger partial charge in [0.2, 0.25) is 0 Å². The van der Waals surface area contributed by atoms with Gasteiger partial charge >= 0.3 is 0 Å². The summed E-state index contributed by atoms with van der Waals surface area (Å²) in [6, 6.07) is 15.0. The zero-order valence-corrected chi connectivity index (χ0v) is 14.6. The Bertz CT molecular complexity index is 629. The number of alkyl halides is 1. The standard InChI is InChI=1S/C17H17BrClNO2/c1-2-10-21-20-17(12-18)13-4-3-5-16(11-13)22-15-8-6-14(19)7-9-15/h3-9,11H,2,10,12H2,1H3/b20-17+. The first-order chi connectivity index (χ1) is 10.7. The lowest BCUT2D eigenvalue weighted by Crippen LogP contribution is -2.04. The predicted octanol–water partition coefficient (Wildman–Crippen LogP) is 5.66. The third-order valence-corrected chi connectivity index (χ3v) is 3.60. The number of benzene rings is 2. The van der Waals surface area contributed by atoms with Crippen LogP contribution in [0.25, 0.3) is 0 Å². The fourth-order valence-corrected chi connectivity index (χ4v) is 2.30. The highest BCUT2D eigenvalue weighted by Gasteiger charge is 2.06. The van der Waals surface area contributed by atoms with Crippen molar-refractivity contribution < 1.29 is 9.57 Å². The molecule has 3 nitrogen and oxygen atoms in total. The van der Waals surface area contributed by atoms with E-state index in [1.54, 1.807) is 12.1 Å². The molecule has 2 aromatic rings. The molecule has 116 valence electrons. The van der Waals surface area contributed by atoms with Crippen molar-refractivity contribution in [1.29, 1.82) is 0 Å². The maximum absolute atomic E-state index is 5.87. The monoisotopic (exact) mass is 381 g/mol. The van der Waals surface area contributed by atoms with Crippen molar-refractivity contribution in [3.8, 4) is 11.5 Å². The van der Waals surface area contributed by atoms with Gasteiger partial charge in [0, 0.05) is 15.9 Å². The summed E-state index contributed by atoms with van der Waals surface area (Å²) in [5.41, 5.74) is 1.79. The van der Waals surface area contributed by atoms with Crippen LogP contribution in [0.5, 0.6) is 11.5 Å². The highest BCUT2D eigenvalue weighted by atomic mass is 79.9. The molecule has 2 aromatic carbocycles. The summed E-state index contributed by atoms with van der Waals surface area (Å²) < 4.78 is 5.82. The first-order valence-electron chi connectivity index (χ1n) is 7.01. The summed E-state index contributed by atoms with van der Waals surface area (Å²) >= 11 is 9.31. The molecule has 0 saturated carbocycles. The molecule has 22 heavy (non-hydrogen) atoms. The van der Waals surface area contributed by atoms with E-state index in [-0.39, 0.29) is 0 Å². The number of hydrogen-bond acceptors (Lipinski definition) is 3. The summed E-state index contributed by atoms with van der Waals surface area (Å²) in [5, 5.41) is 5.45. The summed E-state index contributed by atoms with van der Waals surface area (Å²) in [6.07, 6.45) is 0.929. The van der Waals surface area contributed by atoms with Gasteiger partial charge in [0.25, 0.3) is 0 Å². The Kier molecular flexibility index (Phi) is 6.74. The van der Waals surface area contributed by atoms with Gasteiger partial charge in [0.05, 0.1) is 5.71 Å². The van der Waals surface area contributed by atoms with Crippen LogP contribution in [0.1, 0.15) is 18.9 Å². The molecule has 0 unspecified atom stereocenters. The van der Waals surface area contributed by atoms with E-state index in [0.717, 1.165) is 29.2 Å². The Morgan fingerprint density at radius 1 is 1.14 bits per heavy atom. The molecule has 0 saturated heterocycles. The van der Waals surface area contributed by atoms with Gasteiger partial charge in [-0.3, -0.25) is 0 Å². The first kappa shape index (κ1) is 16.8. The number of halogens is 2. The van der Waals surface area contributed by atoms with Gasteiger partial charge < -0.3 is 9.57 Å². The second kappa shape index (κ2) is 8.81. The number of ether oxygens (including phenoxy) is 1. The molecular formula is C17H17BrClNO2. The maximum atomic E-state index is 5.87. The molecule has 5 heteroatoms. The third-order valence-electron chi connectivity index (χ3n) is 2.81. The molecule has 0 aromatic heterocycles. The first-order valence-corrected chi connectivity index (χ1v) is 8.51. The van der Waals surface area contributed by atoms with Crippen LogP contribution >= 0.6 is 27.5 Å². The number of hydrogen-bond donors (Lipinski definition) is 0. The minimum atomic E-state index is 0.609. The minimum Gasteiger partial charge on any atom is -0.457 e. The molecule has 0 radical (unpaired) electrons. The quantitative estimate of drug-likeness (QED) is 0.268. The van der Waals surface area contributed by atoms with Crippen LogP contribution in [0, 0.1) is 0 Å². The maximum Gasteiger partial charge on any atom is 0.128 e. The predicted molar refractivity (Wildman–Crippen MR) is 94.5 cm³/mol. The SMILES string of the molecule is CCCO/N=C(\CBr)c1cccc(Oc2ccc(Cl)cc2)c1. The highest BCUT2D eigenvalue weighted by molar-refractivity contribution is 9.09. The zero-order valence-electron chi connectivity index (χ0n) is 12.3. The van der Waals surface area contributed by atoms with Gasteiger partial charge in [0.1, 0.15) is 18.1 Å². The van der Waals surface area contributed by atoms with Gasteiger partial charge in [-0.05, 0) is 42.8 Å². The smallest absolute Gasteiger partial charge is 0.128 e. The van der Waals surface area contributed by atoms with Crippen LogP contribution in [-0.4, -0.2) is 17.6 Å². The lowest BCUT2D eigenvalue weighted by atomic mass is 10.1. The van der Waals surface area contributed by atoms with Gasteiger partial charge in [-0.15, -0.1) is 0 Å². The lowest BCUT2D eigenvalue weighted by Gasteiger charge is -2.08. The Balaban J connectivity index is 2.14. The second-order valence-corrected chi connectivity index (χ2v) is 5.59. The molecule has 0 fully saturated rings. The van der Waals surface area contributed by atoms with Gasteiger partial charge in [-0.2, -0.15) is 0 Å². The molecular weight excluding hydrogens is 366 g/mol. The van der Waals surface area contributed by atoms with Crippen LogP contribution in [0.15, 0.2) is 53.7 Å². The van der Waals surface area contributed by atoms with E-state index in [1.165, 1.54) is 0 Å². The molecule has 2 rings (SSSR count). The zero-order chi connectivity index (χ0) is 15.8. The largest absolute Gasteiger partial charge is 0.457 e. The summed E-state index contributed by atoms with van der Waals surface area (Å²) in [4.78, 5) is 5.26. The number of oxime groups is 1. The molecule has 0 bridgehead atoms. The molecule has 0 N–H and O–H groups in total. The Morgan fingerprint density at radius 3 is 2.59 bits per heavy atom. The van der Waals surface area contributed by atoms with Gasteiger partial charge in [-0.1, -0.05) is 51.7 Å². The van der Waals surface area contributed by atoms with E-state index in [1.807, 2.05) is 43.3 Å². The lowest BCUT2D eigenvalue weighted by molar-refractivity contribution is 0.145. The van der Waals surface area contributed by atoms with Crippen molar-refractivity contribution in [2.45, 2.75) is 13.3 Å². The molecule has 0 atom stereocenters. The Morgan fingerprint density at radius 2 is 1.91 bits per heavy atom. The third kappa shape index (κ3) is 5.04. The van der Waals surface area contributed by atoms with E-state index in [2.05, 4.69) is 21.1 Å². The highest BCUT2D eigenvalue weighted by Crippen LogP contribution is 2.24. The molecule has 0 amide bonds. The minimum absolute atomic E-state index is 0.609. The average Bonchev–Trinajstić information content (AvgIpc) is 2.54. The van der Waals surface area contributed by atoms with Crippen molar-refractivity contribution in [2.24, 2.45) is 5.16 Å². The molecule has 0 heterocycles.